The Morgan fingerprint density at radius 3 is 2.44 bits per heavy atom. The molecule has 166 valence electrons. The van der Waals surface area contributed by atoms with Crippen LogP contribution in [0.4, 0.5) is 23.2 Å². The van der Waals surface area contributed by atoms with E-state index in [9.17, 15) is 9.59 Å². The maximum atomic E-state index is 12.4. The third-order valence-corrected chi connectivity index (χ3v) is 5.41. The molecule has 4 rings (SSSR count). The molecular formula is C22H24N6O4. The first-order valence-corrected chi connectivity index (χ1v) is 10.5. The van der Waals surface area contributed by atoms with Gasteiger partial charge >= 0.3 is 23.8 Å². The van der Waals surface area contributed by atoms with Crippen LogP contribution in [0.2, 0.25) is 0 Å². The van der Waals surface area contributed by atoms with Crippen LogP contribution in [0.15, 0.2) is 47.0 Å². The van der Waals surface area contributed by atoms with Gasteiger partial charge in [-0.2, -0.15) is 0 Å². The predicted molar refractivity (Wildman–Crippen MR) is 118 cm³/mol. The quantitative estimate of drug-likeness (QED) is 0.510. The zero-order valence-corrected chi connectivity index (χ0v) is 17.6. The molecule has 0 spiro atoms. The number of aromatic nitrogens is 3. The lowest BCUT2D eigenvalue weighted by atomic mass is 9.97. The van der Waals surface area contributed by atoms with E-state index in [2.05, 4.69) is 32.7 Å². The van der Waals surface area contributed by atoms with E-state index < -0.39 is 11.9 Å². The molecule has 1 aromatic carbocycles. The lowest BCUT2D eigenvalue weighted by Crippen LogP contribution is -2.36. The van der Waals surface area contributed by atoms with Crippen LogP contribution in [0.25, 0.3) is 0 Å². The fourth-order valence-electron chi connectivity index (χ4n) is 3.50. The van der Waals surface area contributed by atoms with Crippen molar-refractivity contribution in [2.75, 3.05) is 28.6 Å². The topological polar surface area (TPSA) is 133 Å². The summed E-state index contributed by atoms with van der Waals surface area (Å²) in [4.78, 5) is 29.9. The number of carboxylic acid groups (broad SMARTS) is 1. The molecule has 0 atom stereocenters. The molecule has 10 heteroatoms. The van der Waals surface area contributed by atoms with Crippen molar-refractivity contribution in [1.82, 2.24) is 15.2 Å². The van der Waals surface area contributed by atoms with E-state index in [0.29, 0.717) is 31.6 Å². The number of hydrogen-bond donors (Lipinski definition) is 3. The van der Waals surface area contributed by atoms with Gasteiger partial charge in [-0.3, -0.25) is 9.59 Å². The Hall–Kier alpha value is -3.95. The zero-order chi connectivity index (χ0) is 22.5. The minimum Gasteiger partial charge on any atom is -0.481 e. The highest BCUT2D eigenvalue weighted by atomic mass is 16.4. The Bertz CT molecular complexity index is 1070. The number of nitrogens with zero attached hydrogens (tertiary/aromatic N) is 4. The smallest absolute Gasteiger partial charge is 0.320 e. The van der Waals surface area contributed by atoms with Crippen molar-refractivity contribution in [2.24, 2.45) is 5.92 Å². The number of rotatable bonds is 7. The summed E-state index contributed by atoms with van der Waals surface area (Å²) in [5, 5.41) is 22.4. The number of aliphatic carboxylic acids is 1. The Labute approximate surface area is 184 Å². The van der Waals surface area contributed by atoms with E-state index in [4.69, 9.17) is 9.52 Å². The van der Waals surface area contributed by atoms with E-state index in [-0.39, 0.29) is 17.8 Å². The number of aryl methyl sites for hydroxylation is 1. The molecule has 3 N–H and O–H groups in total. The van der Waals surface area contributed by atoms with Crippen LogP contribution in [-0.4, -0.2) is 45.3 Å². The summed E-state index contributed by atoms with van der Waals surface area (Å²) in [7, 11) is 0. The summed E-state index contributed by atoms with van der Waals surface area (Å²) in [6.45, 7) is 3.35. The fraction of sp³-hybridized carbons (Fsp3) is 0.318. The number of carbonyl (C=O) groups excluding carboxylic acids is 1. The molecule has 3 aromatic rings. The summed E-state index contributed by atoms with van der Waals surface area (Å²) in [6, 6.07) is 11.4. The minimum atomic E-state index is -0.746. The van der Waals surface area contributed by atoms with Gasteiger partial charge in [0.25, 0.3) is 0 Å². The number of hydrogen-bond acceptors (Lipinski definition) is 8. The highest BCUT2D eigenvalue weighted by Gasteiger charge is 2.25. The van der Waals surface area contributed by atoms with Gasteiger partial charge in [-0.1, -0.05) is 24.2 Å². The largest absolute Gasteiger partial charge is 0.481 e. The van der Waals surface area contributed by atoms with E-state index >= 15 is 0 Å². The second-order valence-electron chi connectivity index (χ2n) is 7.55. The monoisotopic (exact) mass is 436 g/mol. The second kappa shape index (κ2) is 9.46. The van der Waals surface area contributed by atoms with Crippen molar-refractivity contribution in [3.63, 3.8) is 0 Å². The molecule has 1 aliphatic heterocycles. The lowest BCUT2D eigenvalue weighted by Gasteiger charge is -2.31. The molecule has 0 unspecified atom stereocenters. The number of nitrogens with one attached hydrogen (secondary N) is 2. The predicted octanol–water partition coefficient (Wildman–Crippen LogP) is 3.32. The second-order valence-corrected chi connectivity index (χ2v) is 7.55. The van der Waals surface area contributed by atoms with Crippen LogP contribution < -0.4 is 15.5 Å². The van der Waals surface area contributed by atoms with E-state index in [1.54, 1.807) is 18.3 Å². The van der Waals surface area contributed by atoms with Gasteiger partial charge in [-0.25, -0.2) is 4.98 Å². The molecule has 0 radical (unpaired) electrons. The van der Waals surface area contributed by atoms with Gasteiger partial charge in [-0.05, 0) is 49.1 Å². The van der Waals surface area contributed by atoms with Crippen LogP contribution in [0.1, 0.15) is 36.0 Å². The first kappa shape index (κ1) is 21.3. The van der Waals surface area contributed by atoms with E-state index in [0.717, 1.165) is 17.9 Å². The number of carbonyl (C=O) groups is 2. The molecule has 0 aliphatic carbocycles. The minimum absolute atomic E-state index is 0.123. The number of benzene rings is 1. The van der Waals surface area contributed by atoms with Crippen molar-refractivity contribution < 1.29 is 19.1 Å². The maximum absolute atomic E-state index is 12.4. The van der Waals surface area contributed by atoms with Gasteiger partial charge in [0.15, 0.2) is 0 Å². The Balaban J connectivity index is 1.32. The third kappa shape index (κ3) is 5.02. The first-order valence-electron chi connectivity index (χ1n) is 10.5. The molecule has 32 heavy (non-hydrogen) atoms. The van der Waals surface area contributed by atoms with Crippen LogP contribution in [-0.2, 0) is 11.2 Å². The lowest BCUT2D eigenvalue weighted by molar-refractivity contribution is -0.142. The molecule has 1 saturated heterocycles. The molecule has 1 aliphatic rings. The summed E-state index contributed by atoms with van der Waals surface area (Å²) >= 11 is 0. The SMILES string of the molecule is CCc1ccc(Nc2nnc(C(=O)Nc3ccc(N4CCC(C(=O)O)CC4)nc3)o2)cc1. The average Bonchev–Trinajstić information content (AvgIpc) is 3.29. The summed E-state index contributed by atoms with van der Waals surface area (Å²) in [6.07, 6.45) is 3.67. The third-order valence-electron chi connectivity index (χ3n) is 5.41. The van der Waals surface area contributed by atoms with Gasteiger partial charge in [0, 0.05) is 18.8 Å². The fourth-order valence-corrected chi connectivity index (χ4v) is 3.50. The summed E-state index contributed by atoms with van der Waals surface area (Å²) in [5.74, 6) is -1.01. The molecule has 1 fully saturated rings. The average molecular weight is 436 g/mol. The maximum Gasteiger partial charge on any atom is 0.320 e. The van der Waals surface area contributed by atoms with Gasteiger partial charge in [0.05, 0.1) is 17.8 Å². The molecule has 2 aromatic heterocycles. The number of carboxylic acids is 1. The molecule has 0 bridgehead atoms. The molecule has 0 saturated carbocycles. The van der Waals surface area contributed by atoms with Gasteiger partial charge in [0.2, 0.25) is 0 Å². The van der Waals surface area contributed by atoms with Crippen LogP contribution in [0.5, 0.6) is 0 Å². The van der Waals surface area contributed by atoms with Gasteiger partial charge < -0.3 is 25.1 Å². The van der Waals surface area contributed by atoms with E-state index in [1.165, 1.54) is 5.56 Å². The molecule has 1 amide bonds. The summed E-state index contributed by atoms with van der Waals surface area (Å²) < 4.78 is 5.40. The Morgan fingerprint density at radius 1 is 1.09 bits per heavy atom. The number of anilines is 4. The summed E-state index contributed by atoms with van der Waals surface area (Å²) in [5.41, 5.74) is 2.48. The Kier molecular flexibility index (Phi) is 6.29. The first-order chi connectivity index (χ1) is 15.5. The van der Waals surface area contributed by atoms with E-state index in [1.807, 2.05) is 29.2 Å². The van der Waals surface area contributed by atoms with Crippen molar-refractivity contribution in [3.05, 3.63) is 54.0 Å². The number of amides is 1. The standard InChI is InChI=1S/C22H24N6O4/c1-2-14-3-5-16(6-4-14)25-22-27-26-20(32-22)19(29)24-17-7-8-18(23-13-17)28-11-9-15(10-12-28)21(30)31/h3-8,13,15H,2,9-12H2,1H3,(H,24,29)(H,25,27)(H,30,31). The van der Waals surface area contributed by atoms with Gasteiger partial charge in [0.1, 0.15) is 5.82 Å². The van der Waals surface area contributed by atoms with Gasteiger partial charge in [-0.15, -0.1) is 5.10 Å². The number of pyridine rings is 1. The molecule has 3 heterocycles. The zero-order valence-electron chi connectivity index (χ0n) is 17.6. The number of piperidine rings is 1. The Morgan fingerprint density at radius 2 is 1.81 bits per heavy atom. The molecule has 10 nitrogen and oxygen atoms in total. The highest BCUT2D eigenvalue weighted by Crippen LogP contribution is 2.23. The van der Waals surface area contributed by atoms with Crippen molar-refractivity contribution in [2.45, 2.75) is 26.2 Å². The van der Waals surface area contributed by atoms with Crippen molar-refractivity contribution in [3.8, 4) is 0 Å². The highest BCUT2D eigenvalue weighted by molar-refractivity contribution is 6.00. The molecular weight excluding hydrogens is 412 g/mol. The van der Waals surface area contributed by atoms with Crippen LogP contribution >= 0.6 is 0 Å². The van der Waals surface area contributed by atoms with Crippen molar-refractivity contribution >= 4 is 35.1 Å². The van der Waals surface area contributed by atoms with Crippen LogP contribution in [0, 0.1) is 5.92 Å². The van der Waals surface area contributed by atoms with Crippen LogP contribution in [0.3, 0.4) is 0 Å². The normalized spacial score (nSPS) is 14.2. The van der Waals surface area contributed by atoms with Crippen molar-refractivity contribution in [1.29, 1.82) is 0 Å².